The summed E-state index contributed by atoms with van der Waals surface area (Å²) in [5.41, 5.74) is 2.19. The van der Waals surface area contributed by atoms with Gasteiger partial charge in [0.25, 0.3) is 0 Å². The van der Waals surface area contributed by atoms with Crippen LogP contribution in [0.15, 0.2) is 41.4 Å². The van der Waals surface area contributed by atoms with Crippen LogP contribution in [-0.2, 0) is 0 Å². The van der Waals surface area contributed by atoms with Crippen LogP contribution in [0.2, 0.25) is 0 Å². The average molecular weight is 376 g/mol. The molecule has 2 rings (SSSR count). The number of carbonyl (C=O) groups excluding carboxylic acids is 1. The molecule has 0 radical (unpaired) electrons. The molecule has 6 heteroatoms. The Kier molecular flexibility index (Phi) is 6.52. The minimum absolute atomic E-state index is 0.0770. The summed E-state index contributed by atoms with van der Waals surface area (Å²) < 4.78 is 15.9. The molecule has 0 bridgehead atoms. The fourth-order valence-electron chi connectivity index (χ4n) is 2.49. The highest BCUT2D eigenvalue weighted by Gasteiger charge is 2.22. The fraction of sp³-hybridized carbons (Fsp3) is 0.250. The van der Waals surface area contributed by atoms with E-state index in [-0.39, 0.29) is 16.6 Å². The van der Waals surface area contributed by atoms with Gasteiger partial charge in [-0.25, -0.2) is 0 Å². The van der Waals surface area contributed by atoms with E-state index in [9.17, 15) is 4.79 Å². The predicted molar refractivity (Wildman–Crippen MR) is 105 cm³/mol. The zero-order valence-corrected chi connectivity index (χ0v) is 16.3. The van der Waals surface area contributed by atoms with E-state index in [1.165, 1.54) is 21.3 Å². The molecule has 0 saturated carbocycles. The molecular formula is C20H22ClNO4. The lowest BCUT2D eigenvalue weighted by molar-refractivity contribution is 0.103. The lowest BCUT2D eigenvalue weighted by atomic mass is 10.1. The molecule has 0 N–H and O–H groups in total. The van der Waals surface area contributed by atoms with Crippen molar-refractivity contribution in [1.82, 2.24) is 0 Å². The van der Waals surface area contributed by atoms with Gasteiger partial charge in [-0.15, -0.1) is 0 Å². The quantitative estimate of drug-likeness (QED) is 0.535. The number of rotatable bonds is 7. The standard InChI is InChI=1S/C20H22ClNO4/c1-22(2)14-8-6-13(7-9-14)12-16(21)18(23)15-10-11-17(24-3)20(26-5)19(15)25-4/h6-12H,1-5H3/b16-12-. The summed E-state index contributed by atoms with van der Waals surface area (Å²) in [4.78, 5) is 14.8. The largest absolute Gasteiger partial charge is 0.493 e. The Balaban J connectivity index is 2.38. The van der Waals surface area contributed by atoms with Crippen molar-refractivity contribution < 1.29 is 19.0 Å². The third kappa shape index (κ3) is 4.11. The Hall–Kier alpha value is -2.66. The molecule has 0 aliphatic carbocycles. The first-order valence-electron chi connectivity index (χ1n) is 7.91. The van der Waals surface area contributed by atoms with Gasteiger partial charge in [0.15, 0.2) is 11.5 Å². The van der Waals surface area contributed by atoms with Gasteiger partial charge in [0.2, 0.25) is 11.5 Å². The van der Waals surface area contributed by atoms with Gasteiger partial charge in [-0.3, -0.25) is 4.79 Å². The minimum Gasteiger partial charge on any atom is -0.493 e. The number of ketones is 1. The molecule has 138 valence electrons. The molecule has 0 aliphatic heterocycles. The number of hydrogen-bond donors (Lipinski definition) is 0. The summed E-state index contributed by atoms with van der Waals surface area (Å²) in [6, 6.07) is 11.0. The number of Topliss-reactive ketones (excluding diaryl/α,β-unsaturated/α-hetero) is 1. The highest BCUT2D eigenvalue weighted by molar-refractivity contribution is 6.47. The second kappa shape index (κ2) is 8.63. The van der Waals surface area contributed by atoms with Crippen LogP contribution in [0.5, 0.6) is 17.2 Å². The summed E-state index contributed by atoms with van der Waals surface area (Å²) in [5.74, 6) is 0.744. The van der Waals surface area contributed by atoms with Crippen molar-refractivity contribution in [3.8, 4) is 17.2 Å². The second-order valence-electron chi connectivity index (χ2n) is 5.69. The lowest BCUT2D eigenvalue weighted by Crippen LogP contribution is -2.08. The molecule has 0 unspecified atom stereocenters. The minimum atomic E-state index is -0.360. The van der Waals surface area contributed by atoms with Crippen LogP contribution in [0.4, 0.5) is 5.69 Å². The molecule has 2 aromatic carbocycles. The Morgan fingerprint density at radius 1 is 0.923 bits per heavy atom. The average Bonchev–Trinajstić information content (AvgIpc) is 2.66. The number of nitrogens with zero attached hydrogens (tertiary/aromatic N) is 1. The van der Waals surface area contributed by atoms with Crippen molar-refractivity contribution in [3.63, 3.8) is 0 Å². The third-order valence-corrected chi connectivity index (χ3v) is 4.15. The van der Waals surface area contributed by atoms with E-state index in [0.29, 0.717) is 17.1 Å². The Morgan fingerprint density at radius 3 is 2.04 bits per heavy atom. The summed E-state index contributed by atoms with van der Waals surface area (Å²) in [7, 11) is 8.39. The van der Waals surface area contributed by atoms with E-state index in [0.717, 1.165) is 11.3 Å². The molecule has 0 heterocycles. The molecular weight excluding hydrogens is 354 g/mol. The zero-order valence-electron chi connectivity index (χ0n) is 15.5. The molecule has 5 nitrogen and oxygen atoms in total. The Morgan fingerprint density at radius 2 is 1.54 bits per heavy atom. The number of allylic oxidation sites excluding steroid dienone is 1. The van der Waals surface area contributed by atoms with E-state index in [2.05, 4.69) is 0 Å². The molecule has 0 atom stereocenters. The van der Waals surface area contributed by atoms with Gasteiger partial charge in [-0.2, -0.15) is 0 Å². The molecule has 0 saturated heterocycles. The predicted octanol–water partition coefficient (Wildman–Crippen LogP) is 4.24. The third-order valence-electron chi connectivity index (χ3n) is 3.87. The van der Waals surface area contributed by atoms with E-state index < -0.39 is 0 Å². The van der Waals surface area contributed by atoms with Gasteiger partial charge in [0, 0.05) is 19.8 Å². The Bertz CT molecular complexity index is 813. The SMILES string of the molecule is COc1ccc(C(=O)/C(Cl)=C/c2ccc(N(C)C)cc2)c(OC)c1OC. The number of carbonyl (C=O) groups is 1. The zero-order chi connectivity index (χ0) is 19.3. The molecule has 0 fully saturated rings. The first kappa shape index (κ1) is 19.7. The van der Waals surface area contributed by atoms with Gasteiger partial charge < -0.3 is 19.1 Å². The maximum Gasteiger partial charge on any atom is 0.208 e. The van der Waals surface area contributed by atoms with Crippen molar-refractivity contribution in [2.75, 3.05) is 40.3 Å². The number of methoxy groups -OCH3 is 3. The molecule has 0 aromatic heterocycles. The van der Waals surface area contributed by atoms with Crippen LogP contribution in [0.25, 0.3) is 6.08 Å². The second-order valence-corrected chi connectivity index (χ2v) is 6.10. The molecule has 0 aliphatic rings. The number of ether oxygens (including phenoxy) is 3. The van der Waals surface area contributed by atoms with E-state index in [1.54, 1.807) is 18.2 Å². The summed E-state index contributed by atoms with van der Waals surface area (Å²) in [6.45, 7) is 0. The first-order chi connectivity index (χ1) is 12.4. The van der Waals surface area contributed by atoms with Crippen LogP contribution >= 0.6 is 11.6 Å². The van der Waals surface area contributed by atoms with Crippen molar-refractivity contribution in [2.45, 2.75) is 0 Å². The molecule has 26 heavy (non-hydrogen) atoms. The number of anilines is 1. The monoisotopic (exact) mass is 375 g/mol. The van der Waals surface area contributed by atoms with Gasteiger partial charge in [0.05, 0.1) is 31.9 Å². The van der Waals surface area contributed by atoms with Crippen molar-refractivity contribution in [3.05, 3.63) is 52.6 Å². The highest BCUT2D eigenvalue weighted by atomic mass is 35.5. The fourth-order valence-corrected chi connectivity index (χ4v) is 2.72. The number of benzene rings is 2. The maximum absolute atomic E-state index is 12.8. The van der Waals surface area contributed by atoms with Crippen LogP contribution in [0.1, 0.15) is 15.9 Å². The first-order valence-corrected chi connectivity index (χ1v) is 8.29. The molecule has 0 spiro atoms. The van der Waals surface area contributed by atoms with Gasteiger partial charge in [-0.05, 0) is 35.9 Å². The van der Waals surface area contributed by atoms with Crippen molar-refractivity contribution in [1.29, 1.82) is 0 Å². The number of halogens is 1. The highest BCUT2D eigenvalue weighted by Crippen LogP contribution is 2.40. The van der Waals surface area contributed by atoms with Gasteiger partial charge >= 0.3 is 0 Å². The number of hydrogen-bond acceptors (Lipinski definition) is 5. The normalized spacial score (nSPS) is 11.1. The van der Waals surface area contributed by atoms with Crippen LogP contribution in [0.3, 0.4) is 0 Å². The topological polar surface area (TPSA) is 48.0 Å². The smallest absolute Gasteiger partial charge is 0.208 e. The van der Waals surface area contributed by atoms with Crippen molar-refractivity contribution >= 4 is 29.1 Å². The Labute approximate surface area is 158 Å². The lowest BCUT2D eigenvalue weighted by Gasteiger charge is -2.15. The summed E-state index contributed by atoms with van der Waals surface area (Å²) >= 11 is 6.27. The molecule has 0 amide bonds. The van der Waals surface area contributed by atoms with Crippen LogP contribution in [-0.4, -0.2) is 41.2 Å². The van der Waals surface area contributed by atoms with Crippen LogP contribution in [0, 0.1) is 0 Å². The van der Waals surface area contributed by atoms with Gasteiger partial charge in [-0.1, -0.05) is 23.7 Å². The summed E-state index contributed by atoms with van der Waals surface area (Å²) in [6.07, 6.45) is 1.62. The van der Waals surface area contributed by atoms with Crippen molar-refractivity contribution in [2.24, 2.45) is 0 Å². The van der Waals surface area contributed by atoms with E-state index in [4.69, 9.17) is 25.8 Å². The van der Waals surface area contributed by atoms with Crippen LogP contribution < -0.4 is 19.1 Å². The summed E-state index contributed by atoms with van der Waals surface area (Å²) in [5, 5.41) is 0.0770. The maximum atomic E-state index is 12.8. The van der Waals surface area contributed by atoms with Gasteiger partial charge in [0.1, 0.15) is 0 Å². The van der Waals surface area contributed by atoms with E-state index in [1.807, 2.05) is 43.3 Å². The van der Waals surface area contributed by atoms with E-state index >= 15 is 0 Å². The molecule has 2 aromatic rings.